The highest BCUT2D eigenvalue weighted by molar-refractivity contribution is 5.60. The zero-order valence-electron chi connectivity index (χ0n) is 12.1. The Morgan fingerprint density at radius 2 is 1.00 bits per heavy atom. The van der Waals surface area contributed by atoms with E-state index in [0.29, 0.717) is 11.6 Å². The first-order valence-electron chi connectivity index (χ1n) is 6.72. The number of hydrogen-bond donors (Lipinski definition) is 2. The third-order valence-corrected chi connectivity index (χ3v) is 3.39. The molecular formula is C16H14N4O2. The molecular weight excluding hydrogens is 280 g/mol. The number of rotatable bonds is 2. The van der Waals surface area contributed by atoms with Gasteiger partial charge in [-0.2, -0.15) is 0 Å². The lowest BCUT2D eigenvalue weighted by atomic mass is 10.1. The van der Waals surface area contributed by atoms with Crippen LogP contribution in [0.4, 0.5) is 0 Å². The van der Waals surface area contributed by atoms with E-state index in [0.717, 1.165) is 22.3 Å². The van der Waals surface area contributed by atoms with E-state index >= 15 is 0 Å². The van der Waals surface area contributed by atoms with Crippen LogP contribution in [-0.2, 0) is 0 Å². The van der Waals surface area contributed by atoms with Gasteiger partial charge in [-0.1, -0.05) is 0 Å². The summed E-state index contributed by atoms with van der Waals surface area (Å²) in [6.45, 7) is 3.60. The second kappa shape index (κ2) is 5.40. The summed E-state index contributed by atoms with van der Waals surface area (Å²) in [5.41, 5.74) is 2.95. The monoisotopic (exact) mass is 294 g/mol. The van der Waals surface area contributed by atoms with Crippen LogP contribution in [0.25, 0.3) is 22.8 Å². The Morgan fingerprint density at radius 3 is 1.32 bits per heavy atom. The first-order chi connectivity index (χ1) is 10.5. The minimum absolute atomic E-state index is 0.223. The van der Waals surface area contributed by atoms with Crippen LogP contribution in [0.1, 0.15) is 11.1 Å². The smallest absolute Gasteiger partial charge is 0.203 e. The molecule has 22 heavy (non-hydrogen) atoms. The molecule has 3 rings (SSSR count). The largest absolute Gasteiger partial charge is 0.508 e. The second-order valence-corrected chi connectivity index (χ2v) is 5.05. The van der Waals surface area contributed by atoms with Gasteiger partial charge in [0, 0.05) is 11.1 Å². The molecule has 0 fully saturated rings. The van der Waals surface area contributed by atoms with Crippen molar-refractivity contribution in [2.75, 3.05) is 0 Å². The Balaban J connectivity index is 1.95. The van der Waals surface area contributed by atoms with E-state index in [9.17, 15) is 10.2 Å². The fourth-order valence-electron chi connectivity index (χ4n) is 2.05. The van der Waals surface area contributed by atoms with Crippen molar-refractivity contribution in [1.29, 1.82) is 0 Å². The van der Waals surface area contributed by atoms with Gasteiger partial charge in [0.05, 0.1) is 0 Å². The summed E-state index contributed by atoms with van der Waals surface area (Å²) in [5, 5.41) is 35.4. The number of hydrogen-bond acceptors (Lipinski definition) is 6. The predicted molar refractivity (Wildman–Crippen MR) is 81.3 cm³/mol. The Kier molecular flexibility index (Phi) is 3.42. The SMILES string of the molecule is Cc1cc(-c2nnc(-c3ccc(O)c(C)c3)nn2)ccc1O. The lowest BCUT2D eigenvalue weighted by molar-refractivity contribution is 0.470. The quantitative estimate of drug-likeness (QED) is 0.755. The van der Waals surface area contributed by atoms with Gasteiger partial charge in [0.25, 0.3) is 0 Å². The van der Waals surface area contributed by atoms with Gasteiger partial charge in [-0.15, -0.1) is 20.4 Å². The van der Waals surface area contributed by atoms with Gasteiger partial charge >= 0.3 is 0 Å². The minimum Gasteiger partial charge on any atom is -0.508 e. The normalized spacial score (nSPS) is 10.6. The van der Waals surface area contributed by atoms with Gasteiger partial charge in [0.15, 0.2) is 0 Å². The number of phenols is 2. The van der Waals surface area contributed by atoms with Crippen LogP contribution >= 0.6 is 0 Å². The van der Waals surface area contributed by atoms with Gasteiger partial charge in [0.1, 0.15) is 11.5 Å². The topological polar surface area (TPSA) is 92.0 Å². The molecule has 6 nitrogen and oxygen atoms in total. The van der Waals surface area contributed by atoms with E-state index in [1.165, 1.54) is 0 Å². The zero-order valence-corrected chi connectivity index (χ0v) is 12.1. The summed E-state index contributed by atoms with van der Waals surface area (Å²) < 4.78 is 0. The van der Waals surface area contributed by atoms with Crippen molar-refractivity contribution >= 4 is 0 Å². The number of aromatic hydroxyl groups is 2. The Labute approximate surface area is 127 Å². The summed E-state index contributed by atoms with van der Waals surface area (Å²) >= 11 is 0. The summed E-state index contributed by atoms with van der Waals surface area (Å²) in [4.78, 5) is 0. The van der Waals surface area contributed by atoms with Crippen LogP contribution in [0.2, 0.25) is 0 Å². The summed E-state index contributed by atoms with van der Waals surface area (Å²) in [6, 6.07) is 10.2. The van der Waals surface area contributed by atoms with E-state index in [1.807, 2.05) is 0 Å². The van der Waals surface area contributed by atoms with E-state index < -0.39 is 0 Å². The molecule has 110 valence electrons. The van der Waals surface area contributed by atoms with Gasteiger partial charge in [-0.05, 0) is 61.4 Å². The molecule has 0 spiro atoms. The van der Waals surface area contributed by atoms with Gasteiger partial charge in [0.2, 0.25) is 11.6 Å². The van der Waals surface area contributed by atoms with Crippen molar-refractivity contribution in [3.05, 3.63) is 47.5 Å². The molecule has 0 aliphatic heterocycles. The van der Waals surface area contributed by atoms with Gasteiger partial charge in [-0.25, -0.2) is 0 Å². The van der Waals surface area contributed by atoms with Crippen molar-refractivity contribution in [3.8, 4) is 34.3 Å². The molecule has 0 unspecified atom stereocenters. The molecule has 0 atom stereocenters. The first-order valence-corrected chi connectivity index (χ1v) is 6.72. The third-order valence-electron chi connectivity index (χ3n) is 3.39. The first kappa shape index (κ1) is 13.9. The maximum absolute atomic E-state index is 9.54. The maximum Gasteiger partial charge on any atom is 0.203 e. The lowest BCUT2D eigenvalue weighted by Gasteiger charge is -2.04. The van der Waals surface area contributed by atoms with Crippen LogP contribution in [-0.4, -0.2) is 30.6 Å². The van der Waals surface area contributed by atoms with Gasteiger partial charge in [-0.3, -0.25) is 0 Å². The molecule has 0 aliphatic carbocycles. The highest BCUT2D eigenvalue weighted by Crippen LogP contribution is 2.24. The summed E-state index contributed by atoms with van der Waals surface area (Å²) in [7, 11) is 0. The standard InChI is InChI=1S/C16H14N4O2/c1-9-7-11(3-5-13(9)21)15-17-19-16(20-18-15)12-4-6-14(22)10(2)8-12/h3-8,21-22H,1-2H3. The Morgan fingerprint density at radius 1 is 0.636 bits per heavy atom. The van der Waals surface area contributed by atoms with Crippen LogP contribution in [0.5, 0.6) is 11.5 Å². The second-order valence-electron chi connectivity index (χ2n) is 5.05. The summed E-state index contributed by atoms with van der Waals surface area (Å²) in [6.07, 6.45) is 0. The van der Waals surface area contributed by atoms with E-state index in [-0.39, 0.29) is 11.5 Å². The van der Waals surface area contributed by atoms with Crippen LogP contribution in [0.15, 0.2) is 36.4 Å². The molecule has 0 saturated heterocycles. The molecule has 0 saturated carbocycles. The maximum atomic E-state index is 9.54. The van der Waals surface area contributed by atoms with Crippen molar-refractivity contribution < 1.29 is 10.2 Å². The number of nitrogens with zero attached hydrogens (tertiary/aromatic N) is 4. The third kappa shape index (κ3) is 2.58. The Hall–Kier alpha value is -3.02. The average molecular weight is 294 g/mol. The fraction of sp³-hybridized carbons (Fsp3) is 0.125. The van der Waals surface area contributed by atoms with E-state index in [4.69, 9.17) is 0 Å². The zero-order chi connectivity index (χ0) is 15.7. The molecule has 0 radical (unpaired) electrons. The van der Waals surface area contributed by atoms with Crippen LogP contribution in [0, 0.1) is 13.8 Å². The number of phenolic OH excluding ortho intramolecular Hbond substituents is 2. The number of aromatic nitrogens is 4. The molecule has 2 N–H and O–H groups in total. The summed E-state index contributed by atoms with van der Waals surface area (Å²) in [5.74, 6) is 1.23. The molecule has 0 bridgehead atoms. The van der Waals surface area contributed by atoms with Crippen molar-refractivity contribution in [2.45, 2.75) is 13.8 Å². The molecule has 1 heterocycles. The van der Waals surface area contributed by atoms with Crippen LogP contribution < -0.4 is 0 Å². The van der Waals surface area contributed by atoms with Crippen molar-refractivity contribution in [1.82, 2.24) is 20.4 Å². The van der Waals surface area contributed by atoms with Crippen molar-refractivity contribution in [2.24, 2.45) is 0 Å². The number of benzene rings is 2. The molecule has 6 heteroatoms. The highest BCUT2D eigenvalue weighted by atomic mass is 16.3. The number of aryl methyl sites for hydroxylation is 2. The Bertz CT molecular complexity index is 762. The fourth-order valence-corrected chi connectivity index (χ4v) is 2.05. The average Bonchev–Trinajstić information content (AvgIpc) is 2.53. The minimum atomic E-state index is 0.223. The van der Waals surface area contributed by atoms with Crippen molar-refractivity contribution in [3.63, 3.8) is 0 Å². The molecule has 1 aromatic heterocycles. The predicted octanol–water partition coefficient (Wildman–Crippen LogP) is 2.63. The van der Waals surface area contributed by atoms with Crippen LogP contribution in [0.3, 0.4) is 0 Å². The molecule has 3 aromatic rings. The van der Waals surface area contributed by atoms with E-state index in [1.54, 1.807) is 50.2 Å². The molecule has 0 aliphatic rings. The van der Waals surface area contributed by atoms with Gasteiger partial charge < -0.3 is 10.2 Å². The lowest BCUT2D eigenvalue weighted by Crippen LogP contribution is -1.99. The highest BCUT2D eigenvalue weighted by Gasteiger charge is 2.09. The molecule has 2 aromatic carbocycles. The molecule has 0 amide bonds. The van der Waals surface area contributed by atoms with E-state index in [2.05, 4.69) is 20.4 Å².